The van der Waals surface area contributed by atoms with Crippen molar-refractivity contribution < 1.29 is 14.3 Å². The van der Waals surface area contributed by atoms with Crippen molar-refractivity contribution in [2.45, 2.75) is 26.8 Å². The third kappa shape index (κ3) is 4.13. The molecule has 0 aliphatic rings. The molecule has 2 aromatic carbocycles. The fourth-order valence-corrected chi connectivity index (χ4v) is 2.30. The number of benzene rings is 2. The van der Waals surface area contributed by atoms with E-state index >= 15 is 0 Å². The zero-order valence-corrected chi connectivity index (χ0v) is 14.3. The van der Waals surface area contributed by atoms with Gasteiger partial charge in [-0.3, -0.25) is 9.59 Å². The first kappa shape index (κ1) is 17.5. The molecule has 0 aliphatic heterocycles. The van der Waals surface area contributed by atoms with Crippen molar-refractivity contribution in [3.05, 3.63) is 59.2 Å². The summed E-state index contributed by atoms with van der Waals surface area (Å²) in [4.78, 5) is 24.2. The van der Waals surface area contributed by atoms with Crippen molar-refractivity contribution in [3.8, 4) is 5.75 Å². The first-order valence-electron chi connectivity index (χ1n) is 7.74. The van der Waals surface area contributed by atoms with Crippen LogP contribution >= 0.6 is 0 Å². The largest absolute Gasteiger partial charge is 0.497 e. The summed E-state index contributed by atoms with van der Waals surface area (Å²) < 4.78 is 5.10. The summed E-state index contributed by atoms with van der Waals surface area (Å²) in [6, 6.07) is 12.6. The predicted molar refractivity (Wildman–Crippen MR) is 94.1 cm³/mol. The molecule has 2 amide bonds. The van der Waals surface area contributed by atoms with Crippen molar-refractivity contribution in [2.75, 3.05) is 12.4 Å². The van der Waals surface area contributed by atoms with Crippen LogP contribution in [0.25, 0.3) is 0 Å². The van der Waals surface area contributed by atoms with E-state index in [-0.39, 0.29) is 6.04 Å². The molecule has 0 saturated carbocycles. The van der Waals surface area contributed by atoms with E-state index < -0.39 is 11.8 Å². The number of hydrogen-bond acceptors (Lipinski definition) is 3. The van der Waals surface area contributed by atoms with Crippen LogP contribution in [0, 0.1) is 13.8 Å². The Labute approximate surface area is 142 Å². The first-order valence-corrected chi connectivity index (χ1v) is 7.74. The molecule has 0 fully saturated rings. The maximum Gasteiger partial charge on any atom is 0.313 e. The Kier molecular flexibility index (Phi) is 5.58. The summed E-state index contributed by atoms with van der Waals surface area (Å²) in [5, 5.41) is 5.35. The molecule has 0 spiro atoms. The summed E-state index contributed by atoms with van der Waals surface area (Å²) in [5.41, 5.74) is 3.54. The Bertz CT molecular complexity index is 739. The van der Waals surface area contributed by atoms with E-state index in [1.54, 1.807) is 13.2 Å². The van der Waals surface area contributed by atoms with E-state index in [1.165, 1.54) is 0 Å². The van der Waals surface area contributed by atoms with Gasteiger partial charge in [-0.15, -0.1) is 0 Å². The standard InChI is InChI=1S/C19H22N2O3/c1-12-6-5-7-17(13(12)2)21-19(23)18(22)20-14(3)15-8-10-16(24-4)11-9-15/h5-11,14H,1-4H3,(H,20,22)(H,21,23). The molecule has 0 bridgehead atoms. The Hall–Kier alpha value is -2.82. The quantitative estimate of drug-likeness (QED) is 0.848. The summed E-state index contributed by atoms with van der Waals surface area (Å²) in [6.07, 6.45) is 0. The highest BCUT2D eigenvalue weighted by Gasteiger charge is 2.18. The minimum absolute atomic E-state index is 0.284. The van der Waals surface area contributed by atoms with Crippen LogP contribution in [0.5, 0.6) is 5.75 Å². The van der Waals surface area contributed by atoms with Crippen LogP contribution in [0.15, 0.2) is 42.5 Å². The van der Waals surface area contributed by atoms with Gasteiger partial charge >= 0.3 is 11.8 Å². The Morgan fingerprint density at radius 2 is 1.67 bits per heavy atom. The van der Waals surface area contributed by atoms with E-state index in [9.17, 15) is 9.59 Å². The van der Waals surface area contributed by atoms with Crippen molar-refractivity contribution >= 4 is 17.5 Å². The lowest BCUT2D eigenvalue weighted by molar-refractivity contribution is -0.136. The Morgan fingerprint density at radius 1 is 1.00 bits per heavy atom. The van der Waals surface area contributed by atoms with Crippen molar-refractivity contribution in [1.29, 1.82) is 0 Å². The van der Waals surface area contributed by atoms with Gasteiger partial charge in [0.15, 0.2) is 0 Å². The number of ether oxygens (including phenoxy) is 1. The van der Waals surface area contributed by atoms with E-state index in [4.69, 9.17) is 4.74 Å². The topological polar surface area (TPSA) is 67.4 Å². The minimum atomic E-state index is -0.677. The second-order valence-corrected chi connectivity index (χ2v) is 5.67. The fraction of sp³-hybridized carbons (Fsp3) is 0.263. The second kappa shape index (κ2) is 7.64. The lowest BCUT2D eigenvalue weighted by atomic mass is 10.1. The van der Waals surface area contributed by atoms with Gasteiger partial charge < -0.3 is 15.4 Å². The van der Waals surface area contributed by atoms with E-state index in [0.29, 0.717) is 5.69 Å². The normalized spacial score (nSPS) is 11.5. The maximum absolute atomic E-state index is 12.1. The van der Waals surface area contributed by atoms with Gasteiger partial charge in [-0.2, -0.15) is 0 Å². The molecule has 0 heterocycles. The number of aryl methyl sites for hydroxylation is 1. The molecule has 0 aliphatic carbocycles. The number of rotatable bonds is 4. The molecule has 2 N–H and O–H groups in total. The van der Waals surface area contributed by atoms with Crippen LogP contribution < -0.4 is 15.4 Å². The number of carbonyl (C=O) groups excluding carboxylic acids is 2. The lowest BCUT2D eigenvalue weighted by Gasteiger charge is -2.15. The number of nitrogens with one attached hydrogen (secondary N) is 2. The van der Waals surface area contributed by atoms with Crippen LogP contribution in [0.4, 0.5) is 5.69 Å². The van der Waals surface area contributed by atoms with Gasteiger partial charge in [0.1, 0.15) is 5.75 Å². The van der Waals surface area contributed by atoms with Gasteiger partial charge in [-0.25, -0.2) is 0 Å². The summed E-state index contributed by atoms with van der Waals surface area (Å²) >= 11 is 0. The Morgan fingerprint density at radius 3 is 2.29 bits per heavy atom. The maximum atomic E-state index is 12.1. The number of hydrogen-bond donors (Lipinski definition) is 2. The van der Waals surface area contributed by atoms with E-state index in [0.717, 1.165) is 22.4 Å². The van der Waals surface area contributed by atoms with Crippen LogP contribution in [0.1, 0.15) is 29.7 Å². The van der Waals surface area contributed by atoms with Crippen LogP contribution in [-0.2, 0) is 9.59 Å². The molecule has 24 heavy (non-hydrogen) atoms. The summed E-state index contributed by atoms with van der Waals surface area (Å²) in [5.74, 6) is -0.603. The molecule has 0 saturated heterocycles. The minimum Gasteiger partial charge on any atom is -0.497 e. The van der Waals surface area contributed by atoms with Crippen LogP contribution in [0.3, 0.4) is 0 Å². The molecule has 2 aromatic rings. The monoisotopic (exact) mass is 326 g/mol. The third-order valence-electron chi connectivity index (χ3n) is 4.02. The van der Waals surface area contributed by atoms with E-state index in [1.807, 2.05) is 57.2 Å². The van der Waals surface area contributed by atoms with Gasteiger partial charge in [0.05, 0.1) is 13.2 Å². The first-order chi connectivity index (χ1) is 11.4. The summed E-state index contributed by atoms with van der Waals surface area (Å²) in [6.45, 7) is 5.69. The van der Waals surface area contributed by atoms with Crippen molar-refractivity contribution in [1.82, 2.24) is 5.32 Å². The number of amides is 2. The molecule has 5 nitrogen and oxygen atoms in total. The molecule has 126 valence electrons. The molecule has 0 radical (unpaired) electrons. The zero-order chi connectivity index (χ0) is 17.7. The highest BCUT2D eigenvalue weighted by Crippen LogP contribution is 2.19. The van der Waals surface area contributed by atoms with Gasteiger partial charge in [0.2, 0.25) is 0 Å². The third-order valence-corrected chi connectivity index (χ3v) is 4.02. The van der Waals surface area contributed by atoms with Crippen molar-refractivity contribution in [3.63, 3.8) is 0 Å². The summed E-state index contributed by atoms with van der Waals surface area (Å²) in [7, 11) is 1.60. The highest BCUT2D eigenvalue weighted by atomic mass is 16.5. The SMILES string of the molecule is COc1ccc(C(C)NC(=O)C(=O)Nc2cccc(C)c2C)cc1. The molecule has 5 heteroatoms. The van der Waals surface area contributed by atoms with Crippen LogP contribution in [-0.4, -0.2) is 18.9 Å². The lowest BCUT2D eigenvalue weighted by Crippen LogP contribution is -2.37. The predicted octanol–water partition coefficient (Wildman–Crippen LogP) is 3.13. The van der Waals surface area contributed by atoms with Crippen LogP contribution in [0.2, 0.25) is 0 Å². The molecule has 2 rings (SSSR count). The average Bonchev–Trinajstić information content (AvgIpc) is 2.58. The highest BCUT2D eigenvalue weighted by molar-refractivity contribution is 6.39. The van der Waals surface area contributed by atoms with Gasteiger partial charge in [-0.1, -0.05) is 24.3 Å². The number of carbonyl (C=O) groups is 2. The second-order valence-electron chi connectivity index (χ2n) is 5.67. The number of methoxy groups -OCH3 is 1. The smallest absolute Gasteiger partial charge is 0.313 e. The van der Waals surface area contributed by atoms with Gasteiger partial charge in [-0.05, 0) is 55.7 Å². The van der Waals surface area contributed by atoms with Crippen molar-refractivity contribution in [2.24, 2.45) is 0 Å². The fourth-order valence-electron chi connectivity index (χ4n) is 2.30. The molecular formula is C19H22N2O3. The average molecular weight is 326 g/mol. The molecule has 1 atom stereocenters. The number of anilines is 1. The van der Waals surface area contributed by atoms with Gasteiger partial charge in [0, 0.05) is 5.69 Å². The van der Waals surface area contributed by atoms with E-state index in [2.05, 4.69) is 10.6 Å². The van der Waals surface area contributed by atoms with Gasteiger partial charge in [0.25, 0.3) is 0 Å². The zero-order valence-electron chi connectivity index (χ0n) is 14.3. The Balaban J connectivity index is 2.00. The molecular weight excluding hydrogens is 304 g/mol. The molecule has 1 unspecified atom stereocenters. The molecule has 0 aromatic heterocycles.